The molecule has 3 N–H and O–H groups in total. The fourth-order valence-corrected chi connectivity index (χ4v) is 6.14. The number of rotatable bonds is 1. The summed E-state index contributed by atoms with van der Waals surface area (Å²) in [7, 11) is 0. The smallest absolute Gasteiger partial charge is 0.310 e. The van der Waals surface area contributed by atoms with Crippen molar-refractivity contribution >= 4 is 5.97 Å². The highest BCUT2D eigenvalue weighted by atomic mass is 16.4. The second-order valence-corrected chi connectivity index (χ2v) is 8.96. The molecular weight excluding hydrogens is 292 g/mol. The van der Waals surface area contributed by atoms with Crippen LogP contribution in [-0.2, 0) is 4.79 Å². The lowest BCUT2D eigenvalue weighted by molar-refractivity contribution is -0.178. The Kier molecular flexibility index (Phi) is 3.92. The number of carbonyl (C=O) groups is 1. The van der Waals surface area contributed by atoms with E-state index in [0.717, 1.165) is 24.8 Å². The number of carboxylic acid groups (broad SMARTS) is 1. The third-order valence-corrected chi connectivity index (χ3v) is 7.36. The highest BCUT2D eigenvalue weighted by Gasteiger charge is 2.60. The van der Waals surface area contributed by atoms with Gasteiger partial charge in [-0.05, 0) is 54.3 Å². The topological polar surface area (TPSA) is 77.8 Å². The molecule has 7 atom stereocenters. The van der Waals surface area contributed by atoms with Gasteiger partial charge in [-0.25, -0.2) is 0 Å². The Hall–Kier alpha value is -0.870. The summed E-state index contributed by atoms with van der Waals surface area (Å²) in [5, 5.41) is 30.6. The van der Waals surface area contributed by atoms with Gasteiger partial charge in [-0.1, -0.05) is 39.3 Å². The normalized spacial score (nSPS) is 48.9. The van der Waals surface area contributed by atoms with Gasteiger partial charge in [-0.3, -0.25) is 4.79 Å². The van der Waals surface area contributed by atoms with Gasteiger partial charge in [0.1, 0.15) is 0 Å². The van der Waals surface area contributed by atoms with Gasteiger partial charge >= 0.3 is 5.97 Å². The predicted octanol–water partition coefficient (Wildman–Crippen LogP) is 2.84. The molecule has 3 rings (SSSR count). The number of aliphatic carboxylic acids is 1. The fourth-order valence-electron chi connectivity index (χ4n) is 6.14. The molecule has 130 valence electrons. The maximum Gasteiger partial charge on any atom is 0.310 e. The second kappa shape index (κ2) is 5.32. The lowest BCUT2D eigenvalue weighted by Gasteiger charge is -2.61. The Labute approximate surface area is 138 Å². The van der Waals surface area contributed by atoms with E-state index in [4.69, 9.17) is 0 Å². The minimum Gasteiger partial charge on any atom is -0.481 e. The quantitative estimate of drug-likeness (QED) is 0.649. The van der Waals surface area contributed by atoms with E-state index in [0.29, 0.717) is 6.42 Å². The van der Waals surface area contributed by atoms with Gasteiger partial charge in [-0.2, -0.15) is 0 Å². The third kappa shape index (κ3) is 2.29. The van der Waals surface area contributed by atoms with Gasteiger partial charge in [0.2, 0.25) is 0 Å². The summed E-state index contributed by atoms with van der Waals surface area (Å²) >= 11 is 0. The molecule has 0 heterocycles. The van der Waals surface area contributed by atoms with E-state index < -0.39 is 24.1 Å². The highest BCUT2D eigenvalue weighted by Crippen LogP contribution is 2.63. The van der Waals surface area contributed by atoms with Crippen molar-refractivity contribution in [2.45, 2.75) is 65.6 Å². The lowest BCUT2D eigenvalue weighted by Crippen LogP contribution is -2.60. The molecule has 4 heteroatoms. The van der Waals surface area contributed by atoms with Crippen LogP contribution in [0, 0.1) is 34.5 Å². The molecule has 3 aliphatic rings. The van der Waals surface area contributed by atoms with Crippen LogP contribution < -0.4 is 0 Å². The molecule has 7 unspecified atom stereocenters. The molecule has 0 spiro atoms. The predicted molar refractivity (Wildman–Crippen MR) is 87.7 cm³/mol. The average molecular weight is 322 g/mol. The van der Waals surface area contributed by atoms with Gasteiger partial charge in [-0.15, -0.1) is 0 Å². The second-order valence-electron chi connectivity index (χ2n) is 8.96. The summed E-state index contributed by atoms with van der Waals surface area (Å²) in [4.78, 5) is 11.8. The number of allylic oxidation sites excluding steroid dienone is 1. The maximum absolute atomic E-state index is 11.8. The average Bonchev–Trinajstić information content (AvgIpc) is 2.44. The van der Waals surface area contributed by atoms with Crippen LogP contribution in [-0.4, -0.2) is 33.5 Å². The van der Waals surface area contributed by atoms with Gasteiger partial charge < -0.3 is 15.3 Å². The minimum absolute atomic E-state index is 0.139. The van der Waals surface area contributed by atoms with Crippen LogP contribution in [0.5, 0.6) is 0 Å². The third-order valence-electron chi connectivity index (χ3n) is 7.36. The van der Waals surface area contributed by atoms with Crippen molar-refractivity contribution in [3.05, 3.63) is 11.6 Å². The lowest BCUT2D eigenvalue weighted by atomic mass is 9.44. The molecule has 3 aliphatic carbocycles. The van der Waals surface area contributed by atoms with Crippen LogP contribution in [0.25, 0.3) is 0 Å². The van der Waals surface area contributed by atoms with Crippen molar-refractivity contribution in [3.8, 4) is 0 Å². The van der Waals surface area contributed by atoms with Crippen molar-refractivity contribution < 1.29 is 20.1 Å². The zero-order valence-corrected chi connectivity index (χ0v) is 14.6. The van der Waals surface area contributed by atoms with E-state index in [2.05, 4.69) is 13.0 Å². The van der Waals surface area contributed by atoms with Crippen LogP contribution >= 0.6 is 0 Å². The van der Waals surface area contributed by atoms with Crippen molar-refractivity contribution in [2.75, 3.05) is 0 Å². The summed E-state index contributed by atoms with van der Waals surface area (Å²) in [6, 6.07) is 0. The molecule has 2 fully saturated rings. The fraction of sp³-hybridized carbons (Fsp3) is 0.842. The zero-order valence-electron chi connectivity index (χ0n) is 14.6. The molecule has 2 saturated carbocycles. The maximum atomic E-state index is 11.8. The molecule has 0 saturated heterocycles. The van der Waals surface area contributed by atoms with Crippen molar-refractivity contribution in [1.29, 1.82) is 0 Å². The molecule has 23 heavy (non-hydrogen) atoms. The summed E-state index contributed by atoms with van der Waals surface area (Å²) in [6.45, 7) is 8.33. The Morgan fingerprint density at radius 3 is 2.48 bits per heavy atom. The first-order valence-corrected chi connectivity index (χ1v) is 8.89. The van der Waals surface area contributed by atoms with Crippen molar-refractivity contribution in [2.24, 2.45) is 34.5 Å². The number of fused-ring (bicyclic) bond motifs is 3. The van der Waals surface area contributed by atoms with Gasteiger partial charge in [0.05, 0.1) is 18.1 Å². The van der Waals surface area contributed by atoms with E-state index >= 15 is 0 Å². The summed E-state index contributed by atoms with van der Waals surface area (Å²) in [5.74, 6) is -0.461. The SMILES string of the molecule is CC1CCC2C(=CCC3C(C)(C)C(O)C(O)CC23C)C1C(=O)O. The van der Waals surface area contributed by atoms with Crippen LogP contribution in [0.2, 0.25) is 0 Å². The first-order chi connectivity index (χ1) is 10.6. The van der Waals surface area contributed by atoms with Gasteiger partial charge in [0, 0.05) is 0 Å². The molecule has 0 bridgehead atoms. The number of hydrogen-bond acceptors (Lipinski definition) is 3. The number of aliphatic hydroxyl groups excluding tert-OH is 2. The van der Waals surface area contributed by atoms with E-state index in [-0.39, 0.29) is 28.6 Å². The summed E-state index contributed by atoms with van der Waals surface area (Å²) in [6.07, 6.45) is 3.97. The van der Waals surface area contributed by atoms with Crippen LogP contribution in [0.15, 0.2) is 11.6 Å². The minimum atomic E-state index is -0.728. The highest BCUT2D eigenvalue weighted by molar-refractivity contribution is 5.74. The van der Waals surface area contributed by atoms with E-state index in [1.54, 1.807) is 0 Å². The number of aliphatic hydroxyl groups is 2. The zero-order chi connectivity index (χ0) is 17.2. The Morgan fingerprint density at radius 2 is 1.87 bits per heavy atom. The number of hydrogen-bond donors (Lipinski definition) is 3. The summed E-state index contributed by atoms with van der Waals surface area (Å²) < 4.78 is 0. The first kappa shape index (κ1) is 17.0. The Bertz CT molecular complexity index is 537. The van der Waals surface area contributed by atoms with Crippen LogP contribution in [0.3, 0.4) is 0 Å². The molecular formula is C19H30O4. The van der Waals surface area contributed by atoms with E-state index in [9.17, 15) is 20.1 Å². The van der Waals surface area contributed by atoms with E-state index in [1.165, 1.54) is 0 Å². The van der Waals surface area contributed by atoms with Gasteiger partial charge in [0.15, 0.2) is 0 Å². The largest absolute Gasteiger partial charge is 0.481 e. The Balaban J connectivity index is 2.05. The molecule has 4 nitrogen and oxygen atoms in total. The van der Waals surface area contributed by atoms with Crippen LogP contribution in [0.1, 0.15) is 53.4 Å². The summed E-state index contributed by atoms with van der Waals surface area (Å²) in [5.41, 5.74) is 0.574. The molecule has 0 radical (unpaired) electrons. The van der Waals surface area contributed by atoms with Crippen LogP contribution in [0.4, 0.5) is 0 Å². The van der Waals surface area contributed by atoms with Gasteiger partial charge in [0.25, 0.3) is 0 Å². The first-order valence-electron chi connectivity index (χ1n) is 8.89. The van der Waals surface area contributed by atoms with Crippen molar-refractivity contribution in [1.82, 2.24) is 0 Å². The monoisotopic (exact) mass is 322 g/mol. The molecule has 0 aliphatic heterocycles. The molecule has 0 aromatic carbocycles. The molecule has 0 amide bonds. The standard InChI is InChI=1S/C19H30O4/c1-10-5-7-12-11(15(10)17(22)23)6-8-14-18(2,3)16(21)13(20)9-19(12,14)4/h6,10,12-16,20-21H,5,7-9H2,1-4H3,(H,22,23). The Morgan fingerprint density at radius 1 is 1.22 bits per heavy atom. The molecule has 0 aromatic heterocycles. The van der Waals surface area contributed by atoms with Crippen molar-refractivity contribution in [3.63, 3.8) is 0 Å². The number of carboxylic acids is 1. The van der Waals surface area contributed by atoms with E-state index in [1.807, 2.05) is 20.8 Å². The molecule has 0 aromatic rings.